The molecule has 0 unspecified atom stereocenters. The van der Waals surface area contributed by atoms with E-state index in [-0.39, 0.29) is 29.6 Å². The van der Waals surface area contributed by atoms with Crippen molar-refractivity contribution in [2.45, 2.75) is 31.9 Å². The number of nitrogen functional groups attached to an aromatic ring is 1. The summed E-state index contributed by atoms with van der Waals surface area (Å²) >= 11 is 0. The van der Waals surface area contributed by atoms with E-state index in [2.05, 4.69) is 26.8 Å². The molecule has 5 N–H and O–H groups in total. The zero-order valence-electron chi connectivity index (χ0n) is 14.3. The number of nitrogens with two attached hydrogens (primary N) is 2. The molecule has 0 aromatic carbocycles. The van der Waals surface area contributed by atoms with Gasteiger partial charge in [-0.15, -0.1) is 0 Å². The molecule has 3 heterocycles. The van der Waals surface area contributed by atoms with Gasteiger partial charge in [0, 0.05) is 36.6 Å². The predicted octanol–water partition coefficient (Wildman–Crippen LogP) is 1.31. The van der Waals surface area contributed by atoms with Crippen molar-refractivity contribution < 1.29 is 4.74 Å². The molecule has 0 bridgehead atoms. The highest BCUT2D eigenvalue weighted by molar-refractivity contribution is 5.94. The Morgan fingerprint density at radius 2 is 2.12 bits per heavy atom. The third kappa shape index (κ3) is 4.21. The van der Waals surface area contributed by atoms with Crippen LogP contribution in [0.1, 0.15) is 31.0 Å². The number of piperidine rings is 1. The molecule has 0 saturated carbocycles. The Hall–Kier alpha value is -2.74. The van der Waals surface area contributed by atoms with Gasteiger partial charge < -0.3 is 21.1 Å². The van der Waals surface area contributed by atoms with E-state index in [1.807, 2.05) is 12.1 Å². The number of hydrogen-bond donors (Lipinski definition) is 3. The zero-order valence-corrected chi connectivity index (χ0v) is 14.3. The van der Waals surface area contributed by atoms with E-state index >= 15 is 0 Å². The molecule has 1 aliphatic rings. The number of anilines is 2. The Labute approximate surface area is 146 Å². The van der Waals surface area contributed by atoms with Gasteiger partial charge in [0.25, 0.3) is 0 Å². The van der Waals surface area contributed by atoms with Gasteiger partial charge in [0.15, 0.2) is 11.5 Å². The Morgan fingerprint density at radius 1 is 1.36 bits per heavy atom. The molecule has 0 atom stereocenters. The summed E-state index contributed by atoms with van der Waals surface area (Å²) in [7, 11) is 0. The molecule has 2 aromatic rings. The largest absolute Gasteiger partial charge is 0.472 e. The van der Waals surface area contributed by atoms with Gasteiger partial charge >= 0.3 is 0 Å². The van der Waals surface area contributed by atoms with Gasteiger partial charge in [-0.05, 0) is 25.8 Å². The first-order valence-electron chi connectivity index (χ1n) is 8.21. The summed E-state index contributed by atoms with van der Waals surface area (Å²) < 4.78 is 5.44. The van der Waals surface area contributed by atoms with Crippen molar-refractivity contribution in [2.75, 3.05) is 23.7 Å². The third-order valence-electron chi connectivity index (χ3n) is 4.34. The topological polar surface area (TPSA) is 127 Å². The lowest BCUT2D eigenvalue weighted by atomic mass is 9.91. The first-order chi connectivity index (χ1) is 11.9. The maximum absolute atomic E-state index is 8.03. The zero-order chi connectivity index (χ0) is 17.9. The van der Waals surface area contributed by atoms with Gasteiger partial charge in [-0.25, -0.2) is 9.97 Å². The van der Waals surface area contributed by atoms with E-state index in [1.165, 1.54) is 0 Å². The predicted molar refractivity (Wildman–Crippen MR) is 96.3 cm³/mol. The first kappa shape index (κ1) is 17.1. The molecule has 0 radical (unpaired) electrons. The van der Waals surface area contributed by atoms with Crippen LogP contribution in [0, 0.1) is 5.41 Å². The molecule has 8 heteroatoms. The minimum atomic E-state index is -0.127. The Morgan fingerprint density at radius 3 is 2.76 bits per heavy atom. The van der Waals surface area contributed by atoms with Gasteiger partial charge in [-0.1, -0.05) is 6.07 Å². The second-order valence-corrected chi connectivity index (χ2v) is 6.58. The highest BCUT2D eigenvalue weighted by Crippen LogP contribution is 2.23. The highest BCUT2D eigenvalue weighted by atomic mass is 16.5. The highest BCUT2D eigenvalue weighted by Gasteiger charge is 2.27. The van der Waals surface area contributed by atoms with E-state index in [4.69, 9.17) is 21.6 Å². The number of nitrogens with zero attached hydrogens (tertiary/aromatic N) is 4. The summed E-state index contributed by atoms with van der Waals surface area (Å²) in [5.74, 6) is 0.792. The maximum atomic E-state index is 8.03. The first-order valence-corrected chi connectivity index (χ1v) is 8.21. The van der Waals surface area contributed by atoms with Crippen LogP contribution in [0.3, 0.4) is 0 Å². The normalized spacial score (nSPS) is 16.5. The molecule has 0 amide bonds. The van der Waals surface area contributed by atoms with Crippen LogP contribution in [0.5, 0.6) is 0 Å². The maximum Gasteiger partial charge on any atom is 0.236 e. The van der Waals surface area contributed by atoms with Crippen LogP contribution in [0.2, 0.25) is 0 Å². The fourth-order valence-electron chi connectivity index (χ4n) is 2.67. The Bertz CT molecular complexity index is 738. The van der Waals surface area contributed by atoms with Gasteiger partial charge in [0.1, 0.15) is 12.4 Å². The molecule has 25 heavy (non-hydrogen) atoms. The summed E-state index contributed by atoms with van der Waals surface area (Å²) in [6.07, 6.45) is 6.78. The van der Waals surface area contributed by atoms with Crippen molar-refractivity contribution >= 4 is 17.5 Å². The molecule has 1 fully saturated rings. The summed E-state index contributed by atoms with van der Waals surface area (Å²) in [6, 6.07) is 3.69. The average molecular weight is 341 g/mol. The van der Waals surface area contributed by atoms with Crippen molar-refractivity contribution in [1.29, 1.82) is 5.41 Å². The van der Waals surface area contributed by atoms with Crippen LogP contribution < -0.4 is 16.4 Å². The SMILES string of the molecule is CC1(N)CCN(c2cnc(C(=N)OCc3cccnc3)c(N)n2)CC1. The molecule has 132 valence electrons. The summed E-state index contributed by atoms with van der Waals surface area (Å²) in [6.45, 7) is 3.93. The standard InChI is InChI=1S/C17H23N7O/c1-17(20)4-7-24(8-5-17)13-10-22-14(15(18)23-13)16(19)25-11-12-3-2-6-21-9-12/h2-3,6,9-10,19H,4-5,7-8,11,20H2,1H3,(H2,18,23). The van der Waals surface area contributed by atoms with Crippen LogP contribution in [0.25, 0.3) is 0 Å². The minimum absolute atomic E-state index is 0.103. The lowest BCUT2D eigenvalue weighted by Crippen LogP contribution is -2.48. The van der Waals surface area contributed by atoms with E-state index in [0.29, 0.717) is 5.82 Å². The number of rotatable bonds is 4. The summed E-state index contributed by atoms with van der Waals surface area (Å²) in [5.41, 5.74) is 13.1. The van der Waals surface area contributed by atoms with E-state index in [1.54, 1.807) is 18.6 Å². The van der Waals surface area contributed by atoms with Crippen molar-refractivity contribution in [3.8, 4) is 0 Å². The third-order valence-corrected chi connectivity index (χ3v) is 4.34. The second kappa shape index (κ2) is 7.02. The van der Waals surface area contributed by atoms with E-state index < -0.39 is 0 Å². The van der Waals surface area contributed by atoms with Crippen LogP contribution in [-0.4, -0.2) is 39.5 Å². The fourth-order valence-corrected chi connectivity index (χ4v) is 2.67. The van der Waals surface area contributed by atoms with E-state index in [9.17, 15) is 0 Å². The summed E-state index contributed by atoms with van der Waals surface area (Å²) in [4.78, 5) is 14.8. The van der Waals surface area contributed by atoms with Gasteiger partial charge in [0.2, 0.25) is 5.90 Å². The van der Waals surface area contributed by atoms with Gasteiger partial charge in [-0.2, -0.15) is 0 Å². The van der Waals surface area contributed by atoms with Crippen LogP contribution in [0.15, 0.2) is 30.7 Å². The molecule has 0 aliphatic carbocycles. The quantitative estimate of drug-likeness (QED) is 0.565. The Kier molecular flexibility index (Phi) is 4.80. The smallest absolute Gasteiger partial charge is 0.236 e. The van der Waals surface area contributed by atoms with Gasteiger partial charge in [-0.3, -0.25) is 10.4 Å². The van der Waals surface area contributed by atoms with Crippen LogP contribution in [0.4, 0.5) is 11.6 Å². The molecule has 0 spiro atoms. The lowest BCUT2D eigenvalue weighted by molar-refractivity contribution is 0.289. The summed E-state index contributed by atoms with van der Waals surface area (Å²) in [5, 5.41) is 8.03. The molecular weight excluding hydrogens is 318 g/mol. The molecule has 1 saturated heterocycles. The van der Waals surface area contributed by atoms with Crippen LogP contribution in [-0.2, 0) is 11.3 Å². The van der Waals surface area contributed by atoms with Gasteiger partial charge in [0.05, 0.1) is 6.20 Å². The number of aromatic nitrogens is 3. The molecule has 8 nitrogen and oxygen atoms in total. The molecular formula is C17H23N7O. The second-order valence-electron chi connectivity index (χ2n) is 6.58. The monoisotopic (exact) mass is 341 g/mol. The number of nitrogens with one attached hydrogen (secondary N) is 1. The van der Waals surface area contributed by atoms with Crippen molar-refractivity contribution in [2.24, 2.45) is 5.73 Å². The average Bonchev–Trinajstić information content (AvgIpc) is 2.60. The minimum Gasteiger partial charge on any atom is -0.472 e. The van der Waals surface area contributed by atoms with Crippen LogP contribution >= 0.6 is 0 Å². The fraction of sp³-hybridized carbons (Fsp3) is 0.412. The Balaban J connectivity index is 1.64. The molecule has 1 aliphatic heterocycles. The van der Waals surface area contributed by atoms with Crippen molar-refractivity contribution in [3.63, 3.8) is 0 Å². The number of pyridine rings is 1. The molecule has 2 aromatic heterocycles. The van der Waals surface area contributed by atoms with E-state index in [0.717, 1.165) is 31.5 Å². The number of ether oxygens (including phenoxy) is 1. The lowest BCUT2D eigenvalue weighted by Gasteiger charge is -2.37. The number of hydrogen-bond acceptors (Lipinski definition) is 8. The van der Waals surface area contributed by atoms with Crippen molar-refractivity contribution in [3.05, 3.63) is 42.0 Å². The molecule has 3 rings (SSSR count). The van der Waals surface area contributed by atoms with Crippen molar-refractivity contribution in [1.82, 2.24) is 15.0 Å².